The maximum Gasteiger partial charge on any atom is 0.0603 e. The molecule has 6 heteroatoms. The van der Waals surface area contributed by atoms with Gasteiger partial charge in [0.05, 0.1) is 13.2 Å². The van der Waals surface area contributed by atoms with Gasteiger partial charge in [-0.05, 0) is 0 Å². The molecule has 0 unspecified atom stereocenters. The molecule has 0 aromatic heterocycles. The molecule has 0 aromatic rings. The number of ether oxygens (including phenoxy) is 1. The summed E-state index contributed by atoms with van der Waals surface area (Å²) in [4.78, 5) is 0. The Bertz CT molecular complexity index is 62.5. The lowest BCUT2D eigenvalue weighted by Crippen LogP contribution is -2.28. The predicted molar refractivity (Wildman–Crippen MR) is 37.5 cm³/mol. The number of morpholine rings is 1. The summed E-state index contributed by atoms with van der Waals surface area (Å²) in [5, 5.41) is 0. The van der Waals surface area contributed by atoms with Gasteiger partial charge in [-0.25, -0.2) is 4.31 Å². The maximum absolute atomic E-state index is 5.03. The molecule has 0 spiro atoms. The number of halogens is 3. The molecule has 1 saturated heterocycles. The second kappa shape index (κ2) is 9.06. The summed E-state index contributed by atoms with van der Waals surface area (Å²) < 4.78 is 6.88. The van der Waals surface area contributed by atoms with E-state index in [1.165, 1.54) is 0 Å². The van der Waals surface area contributed by atoms with Crippen molar-refractivity contribution in [2.24, 2.45) is 0 Å². The molecule has 1 heterocycles. The van der Waals surface area contributed by atoms with Gasteiger partial charge in [0.2, 0.25) is 0 Å². The highest BCUT2D eigenvalue weighted by Gasteiger charge is 2.04. The van der Waals surface area contributed by atoms with E-state index < -0.39 is 0 Å². The molecule has 0 amide bonds. The largest absolute Gasteiger partial charge is 0.379 e. The van der Waals surface area contributed by atoms with Crippen LogP contribution in [0.2, 0.25) is 0 Å². The molecule has 1 aliphatic rings. The molecule has 65 valence electrons. The zero-order valence-corrected chi connectivity index (χ0v) is 6.13. The van der Waals surface area contributed by atoms with E-state index in [2.05, 4.69) is 0 Å². The molecular weight excluding hydrogens is 167 g/mol. The van der Waals surface area contributed by atoms with Gasteiger partial charge in [0.15, 0.2) is 0 Å². The van der Waals surface area contributed by atoms with Gasteiger partial charge < -0.3 is 4.74 Å². The molecule has 0 aromatic carbocycles. The molecule has 0 saturated carbocycles. The Morgan fingerprint density at radius 2 is 1.40 bits per heavy atom. The van der Waals surface area contributed by atoms with Crippen LogP contribution in [0, 0.1) is 0 Å². The van der Waals surface area contributed by atoms with Crippen molar-refractivity contribution < 1.29 is 18.9 Å². The van der Waals surface area contributed by atoms with E-state index >= 15 is 0 Å². The van der Waals surface area contributed by atoms with Crippen LogP contribution in [0.1, 0.15) is 0 Å². The van der Waals surface area contributed by atoms with Crippen LogP contribution >= 0.6 is 12.8 Å². The SMILES string of the molecule is F.F.F.[S]N1CCOCC1. The molecule has 0 atom stereocenters. The van der Waals surface area contributed by atoms with Gasteiger partial charge in [-0.3, -0.25) is 14.1 Å². The van der Waals surface area contributed by atoms with E-state index in [1.807, 2.05) is 4.31 Å². The van der Waals surface area contributed by atoms with Gasteiger partial charge in [-0.1, -0.05) is 0 Å². The van der Waals surface area contributed by atoms with Crippen LogP contribution in [0.25, 0.3) is 0 Å². The quantitative estimate of drug-likeness (QED) is 0.546. The highest BCUT2D eigenvalue weighted by atomic mass is 32.1. The van der Waals surface area contributed by atoms with Crippen molar-refractivity contribution in [2.75, 3.05) is 26.3 Å². The third-order valence-corrected chi connectivity index (χ3v) is 1.34. The summed E-state index contributed by atoms with van der Waals surface area (Å²) in [7, 11) is 0. The third kappa shape index (κ3) is 6.18. The van der Waals surface area contributed by atoms with Crippen LogP contribution in [0.3, 0.4) is 0 Å². The van der Waals surface area contributed by atoms with Crippen molar-refractivity contribution >= 4 is 12.8 Å². The zero-order valence-electron chi connectivity index (χ0n) is 5.32. The molecule has 1 radical (unpaired) electrons. The van der Waals surface area contributed by atoms with Gasteiger partial charge in [0, 0.05) is 25.9 Å². The monoisotopic (exact) mass is 178 g/mol. The van der Waals surface area contributed by atoms with Crippen LogP contribution in [0.4, 0.5) is 14.1 Å². The van der Waals surface area contributed by atoms with Gasteiger partial charge >= 0.3 is 0 Å². The molecule has 0 bridgehead atoms. The fourth-order valence-electron chi connectivity index (χ4n) is 0.547. The molecule has 1 fully saturated rings. The summed E-state index contributed by atoms with van der Waals surface area (Å²) in [6, 6.07) is 0. The van der Waals surface area contributed by atoms with E-state index in [4.69, 9.17) is 17.6 Å². The second-order valence-electron chi connectivity index (χ2n) is 1.54. The molecule has 2 nitrogen and oxygen atoms in total. The highest BCUT2D eigenvalue weighted by molar-refractivity contribution is 7.77. The minimum Gasteiger partial charge on any atom is -0.379 e. The Balaban J connectivity index is -0.000000163. The van der Waals surface area contributed by atoms with Crippen LogP contribution in [0.15, 0.2) is 0 Å². The molecule has 10 heavy (non-hydrogen) atoms. The topological polar surface area (TPSA) is 12.5 Å². The van der Waals surface area contributed by atoms with E-state index in [0.717, 1.165) is 26.3 Å². The average molecular weight is 178 g/mol. The summed E-state index contributed by atoms with van der Waals surface area (Å²) >= 11 is 4.84. The van der Waals surface area contributed by atoms with Crippen LogP contribution in [0.5, 0.6) is 0 Å². The Labute approximate surface area is 63.2 Å². The van der Waals surface area contributed by atoms with Crippen molar-refractivity contribution in [2.45, 2.75) is 0 Å². The Morgan fingerprint density at radius 1 is 1.00 bits per heavy atom. The van der Waals surface area contributed by atoms with Crippen LogP contribution < -0.4 is 0 Å². The summed E-state index contributed by atoms with van der Waals surface area (Å²) in [5.41, 5.74) is 0. The van der Waals surface area contributed by atoms with Gasteiger partial charge in [0.25, 0.3) is 0 Å². The summed E-state index contributed by atoms with van der Waals surface area (Å²) in [5.74, 6) is 0. The van der Waals surface area contributed by atoms with E-state index in [0.29, 0.717) is 0 Å². The third-order valence-electron chi connectivity index (χ3n) is 0.970. The summed E-state index contributed by atoms with van der Waals surface area (Å²) in [6.07, 6.45) is 0. The molecular formula is C4H11F3NOS. The van der Waals surface area contributed by atoms with Crippen molar-refractivity contribution in [3.63, 3.8) is 0 Å². The fourth-order valence-corrected chi connectivity index (χ4v) is 0.696. The maximum atomic E-state index is 5.03. The summed E-state index contributed by atoms with van der Waals surface area (Å²) in [6.45, 7) is 3.44. The lowest BCUT2D eigenvalue weighted by Gasteiger charge is -2.18. The first-order chi connectivity index (χ1) is 3.39. The first-order valence-corrected chi connectivity index (χ1v) is 2.76. The minimum atomic E-state index is 0. The molecule has 1 aliphatic heterocycles. The van der Waals surface area contributed by atoms with Crippen molar-refractivity contribution in [1.29, 1.82) is 0 Å². The van der Waals surface area contributed by atoms with Crippen molar-refractivity contribution in [3.05, 3.63) is 0 Å². The van der Waals surface area contributed by atoms with Gasteiger partial charge in [0.1, 0.15) is 0 Å². The number of hydrogen-bond donors (Lipinski definition) is 0. The second-order valence-corrected chi connectivity index (χ2v) is 2.06. The average Bonchev–Trinajstić information content (AvgIpc) is 1.69. The molecule has 1 rings (SSSR count). The number of hydrogen-bond acceptors (Lipinski definition) is 2. The van der Waals surface area contributed by atoms with Crippen molar-refractivity contribution in [3.8, 4) is 0 Å². The first-order valence-electron chi connectivity index (χ1n) is 2.39. The van der Waals surface area contributed by atoms with Crippen LogP contribution in [-0.2, 0) is 4.74 Å². The van der Waals surface area contributed by atoms with E-state index in [-0.39, 0.29) is 14.1 Å². The van der Waals surface area contributed by atoms with E-state index in [1.54, 1.807) is 0 Å². The normalized spacial score (nSPS) is 17.7. The highest BCUT2D eigenvalue weighted by Crippen LogP contribution is 1.97. The number of nitrogens with zero attached hydrogens (tertiary/aromatic N) is 1. The lowest BCUT2D eigenvalue weighted by atomic mass is 10.5. The van der Waals surface area contributed by atoms with Crippen molar-refractivity contribution in [1.82, 2.24) is 4.31 Å². The molecule has 0 N–H and O–H groups in total. The molecule has 0 aliphatic carbocycles. The van der Waals surface area contributed by atoms with Crippen LogP contribution in [-0.4, -0.2) is 30.6 Å². The van der Waals surface area contributed by atoms with Gasteiger partial charge in [-0.2, -0.15) is 0 Å². The zero-order chi connectivity index (χ0) is 5.11. The minimum absolute atomic E-state index is 0. The first kappa shape index (κ1) is 16.6. The lowest BCUT2D eigenvalue weighted by molar-refractivity contribution is 0.0781. The smallest absolute Gasteiger partial charge is 0.0603 e. The fraction of sp³-hybridized carbons (Fsp3) is 1.00. The predicted octanol–water partition coefficient (Wildman–Crippen LogP) is 0.889. The standard InChI is InChI=1S/C4H8NOS.3FH/c7-5-1-3-6-4-2-5;;;/h1-4H2;3*1H. The number of rotatable bonds is 0. The van der Waals surface area contributed by atoms with Gasteiger partial charge in [-0.15, -0.1) is 0 Å². The Kier molecular flexibility index (Phi) is 15.0. The van der Waals surface area contributed by atoms with E-state index in [9.17, 15) is 0 Å². The Morgan fingerprint density at radius 3 is 1.60 bits per heavy atom. The Hall–Kier alpha value is 0.0600.